The molecule has 0 spiro atoms. The predicted octanol–water partition coefficient (Wildman–Crippen LogP) is 6.21. The number of aromatic nitrogens is 2. The lowest BCUT2D eigenvalue weighted by molar-refractivity contribution is -0.135. The Kier molecular flexibility index (Phi) is 18.3. The topological polar surface area (TPSA) is 248 Å². The molecule has 0 aliphatic carbocycles. The smallest absolute Gasteiger partial charge is 0.408 e. The van der Waals surface area contributed by atoms with E-state index in [1.165, 1.54) is 6.92 Å². The zero-order valence-electron chi connectivity index (χ0n) is 41.8. The highest BCUT2D eigenvalue weighted by molar-refractivity contribution is 5.97. The molecular weight excluding hydrogens is 965 g/mol. The zero-order chi connectivity index (χ0) is 53.2. The molecule has 6 amide bonds. The van der Waals surface area contributed by atoms with Gasteiger partial charge in [-0.2, -0.15) is 0 Å². The first-order valence-corrected chi connectivity index (χ1v) is 24.9. The Labute approximate surface area is 439 Å². The number of alkyl carbamates (subject to hydrolysis) is 1. The molecule has 76 heavy (non-hydrogen) atoms. The predicted molar refractivity (Wildman–Crippen MR) is 287 cm³/mol. The van der Waals surface area contributed by atoms with E-state index in [1.807, 2.05) is 127 Å². The Morgan fingerprint density at radius 3 is 1.43 bits per heavy atom. The molecule has 17 nitrogen and oxygen atoms in total. The second-order valence-electron chi connectivity index (χ2n) is 18.3. The molecule has 9 N–H and O–H groups in total. The molecule has 390 valence electrons. The van der Waals surface area contributed by atoms with Crippen molar-refractivity contribution in [1.82, 2.24) is 36.6 Å². The van der Waals surface area contributed by atoms with Crippen molar-refractivity contribution >= 4 is 57.4 Å². The van der Waals surface area contributed by atoms with Crippen molar-refractivity contribution in [3.05, 3.63) is 210 Å². The maximum atomic E-state index is 15.0. The summed E-state index contributed by atoms with van der Waals surface area (Å²) in [5.74, 6) is -3.20. The maximum absolute atomic E-state index is 15.0. The second-order valence-corrected chi connectivity index (χ2v) is 18.3. The van der Waals surface area contributed by atoms with Crippen LogP contribution in [0.1, 0.15) is 40.3 Å². The average Bonchev–Trinajstić information content (AvgIpc) is 4.05. The number of benzene rings is 6. The number of H-pyrrole nitrogens is 2. The van der Waals surface area contributed by atoms with Gasteiger partial charge in [0.25, 0.3) is 0 Å². The van der Waals surface area contributed by atoms with E-state index >= 15 is 0 Å². The van der Waals surface area contributed by atoms with E-state index in [-0.39, 0.29) is 39.1 Å². The fraction of sp³-hybridized carbons (Fsp3) is 0.220. The first-order valence-electron chi connectivity index (χ1n) is 24.9. The van der Waals surface area contributed by atoms with Crippen LogP contribution in [0.25, 0.3) is 21.8 Å². The number of hydrogen-bond donors (Lipinski definition) is 8. The minimum atomic E-state index is -1.44. The van der Waals surface area contributed by atoms with Gasteiger partial charge in [-0.3, -0.25) is 24.0 Å². The molecule has 5 atom stereocenters. The number of fused-ring (bicyclic) bond motifs is 2. The van der Waals surface area contributed by atoms with Crippen molar-refractivity contribution in [2.24, 2.45) is 5.73 Å². The van der Waals surface area contributed by atoms with Crippen molar-refractivity contribution < 1.29 is 43.0 Å². The summed E-state index contributed by atoms with van der Waals surface area (Å²) < 4.78 is 17.7. The summed E-state index contributed by atoms with van der Waals surface area (Å²) in [6, 6.07) is 43.6. The van der Waals surface area contributed by atoms with Crippen molar-refractivity contribution in [1.29, 1.82) is 0 Å². The Hall–Kier alpha value is -9.22. The van der Waals surface area contributed by atoms with E-state index in [1.54, 1.807) is 48.8 Å². The first kappa shape index (κ1) is 53.1. The van der Waals surface area contributed by atoms with E-state index < -0.39 is 65.8 Å². The number of nitrogens with one attached hydrogen (secondary N) is 7. The van der Waals surface area contributed by atoms with E-state index in [0.29, 0.717) is 23.5 Å². The van der Waals surface area contributed by atoms with Gasteiger partial charge in [0.1, 0.15) is 49.2 Å². The van der Waals surface area contributed by atoms with E-state index in [0.717, 1.165) is 44.1 Å². The zero-order valence-corrected chi connectivity index (χ0v) is 41.8. The van der Waals surface area contributed by atoms with Crippen LogP contribution >= 0.6 is 0 Å². The van der Waals surface area contributed by atoms with Gasteiger partial charge >= 0.3 is 6.09 Å². The lowest BCUT2D eigenvalue weighted by atomic mass is 10.0. The third-order valence-electron chi connectivity index (χ3n) is 12.7. The van der Waals surface area contributed by atoms with Crippen LogP contribution in [-0.4, -0.2) is 82.4 Å². The third kappa shape index (κ3) is 14.9. The van der Waals surface area contributed by atoms with Crippen molar-refractivity contribution in [3.8, 4) is 5.75 Å². The number of carbonyl (C=O) groups excluding carboxylic acids is 6. The van der Waals surface area contributed by atoms with Crippen molar-refractivity contribution in [2.75, 3.05) is 6.61 Å². The summed E-state index contributed by atoms with van der Waals surface area (Å²) in [4.78, 5) is 90.4. The summed E-state index contributed by atoms with van der Waals surface area (Å²) in [6.07, 6.45) is 2.54. The van der Waals surface area contributed by atoms with Crippen LogP contribution in [0.4, 0.5) is 4.79 Å². The number of primary amides is 1. The van der Waals surface area contributed by atoms with Crippen LogP contribution in [0, 0.1) is 0 Å². The number of rotatable bonds is 25. The van der Waals surface area contributed by atoms with Gasteiger partial charge < -0.3 is 56.5 Å². The highest BCUT2D eigenvalue weighted by atomic mass is 16.5. The minimum absolute atomic E-state index is 0.00464. The SMILES string of the molecule is C[C@H](NC(=O)[C@@H](Cc1c[nH]c2ccccc12)NC(=O)[C@@H](COCc1ccccc1)NC(=O)[C@@H](Cc1ccc(OCc2ccccc2)cc1)NC(=O)C(Cc1c[nH]c2ccccc12)NC(=O)OCc1ccccc1)C(N)=O. The number of nitrogens with two attached hydrogens (primary N) is 1. The van der Waals surface area contributed by atoms with Crippen LogP contribution in [0.5, 0.6) is 5.75 Å². The van der Waals surface area contributed by atoms with Crippen LogP contribution in [0.3, 0.4) is 0 Å². The van der Waals surface area contributed by atoms with Crippen LogP contribution in [0.2, 0.25) is 0 Å². The van der Waals surface area contributed by atoms with Gasteiger partial charge in [-0.05, 0) is 64.6 Å². The minimum Gasteiger partial charge on any atom is -0.489 e. The Bertz CT molecular complexity index is 3220. The van der Waals surface area contributed by atoms with Crippen molar-refractivity contribution in [2.45, 2.75) is 76.2 Å². The van der Waals surface area contributed by atoms with Gasteiger partial charge in [0, 0.05) is 53.5 Å². The molecule has 6 aromatic carbocycles. The lowest BCUT2D eigenvalue weighted by Crippen LogP contribution is -2.60. The largest absolute Gasteiger partial charge is 0.489 e. The lowest BCUT2D eigenvalue weighted by Gasteiger charge is -2.27. The fourth-order valence-corrected chi connectivity index (χ4v) is 8.53. The van der Waals surface area contributed by atoms with Gasteiger partial charge in [-0.1, -0.05) is 140 Å². The Balaban J connectivity index is 1.08. The molecule has 0 saturated heterocycles. The number of hydrogen-bond acceptors (Lipinski definition) is 9. The molecule has 8 aromatic rings. The molecule has 0 fully saturated rings. The average molecular weight is 1030 g/mol. The van der Waals surface area contributed by atoms with E-state index in [4.69, 9.17) is 19.9 Å². The normalized spacial score (nSPS) is 13.1. The molecule has 1 unspecified atom stereocenters. The molecule has 0 radical (unpaired) electrons. The number of para-hydroxylation sites is 2. The number of amides is 6. The van der Waals surface area contributed by atoms with E-state index in [2.05, 4.69) is 36.6 Å². The summed E-state index contributed by atoms with van der Waals surface area (Å²) in [6.45, 7) is 1.39. The molecule has 2 heterocycles. The monoisotopic (exact) mass is 1020 g/mol. The fourth-order valence-electron chi connectivity index (χ4n) is 8.53. The molecule has 0 saturated carbocycles. The van der Waals surface area contributed by atoms with Crippen LogP contribution < -0.4 is 37.1 Å². The Morgan fingerprint density at radius 2 is 0.895 bits per heavy atom. The quantitative estimate of drug-likeness (QED) is 0.0324. The van der Waals surface area contributed by atoms with Gasteiger partial charge in [0.05, 0.1) is 13.2 Å². The molecule has 2 aromatic heterocycles. The number of aromatic amines is 2. The third-order valence-corrected chi connectivity index (χ3v) is 12.7. The van der Waals surface area contributed by atoms with Crippen LogP contribution in [0.15, 0.2) is 176 Å². The second kappa shape index (κ2) is 26.1. The van der Waals surface area contributed by atoms with Gasteiger partial charge in [0.15, 0.2) is 0 Å². The van der Waals surface area contributed by atoms with Gasteiger partial charge in [0.2, 0.25) is 29.5 Å². The molecule has 17 heteroatoms. The molecule has 0 aliphatic heterocycles. The summed E-state index contributed by atoms with van der Waals surface area (Å²) in [5.41, 5.74) is 11.7. The molecule has 0 aliphatic rings. The van der Waals surface area contributed by atoms with Crippen molar-refractivity contribution in [3.63, 3.8) is 0 Å². The highest BCUT2D eigenvalue weighted by Gasteiger charge is 2.33. The summed E-state index contributed by atoms with van der Waals surface area (Å²) >= 11 is 0. The number of ether oxygens (including phenoxy) is 3. The Morgan fingerprint density at radius 1 is 0.461 bits per heavy atom. The summed E-state index contributed by atoms with van der Waals surface area (Å²) in [5, 5.41) is 15.5. The van der Waals surface area contributed by atoms with Gasteiger partial charge in [-0.25, -0.2) is 4.79 Å². The molecular formula is C59H60N8O9. The molecule has 8 rings (SSSR count). The van der Waals surface area contributed by atoms with Crippen LogP contribution in [-0.2, 0) is 72.5 Å². The standard InChI is InChI=1S/C59H60N8O9/c1-38(54(60)68)63-55(69)51(30-43-32-61-48-23-13-11-21-46(43)48)65-58(72)53(37-74-34-40-15-5-2-6-16-40)66-56(70)50(29-39-25-27-45(28-26-39)75-35-41-17-7-3-8-18-41)64-57(71)52(31-44-33-62-49-24-14-12-22-47(44)49)67-59(73)76-36-42-19-9-4-10-20-42/h2-28,32-33,38,50-53,61-62H,29-31,34-37H2,1H3,(H2,60,68)(H,63,69)(H,64,71)(H,65,72)(H,66,70)(H,67,73)/t38-,50+,51+,52?,53+/m0/s1. The summed E-state index contributed by atoms with van der Waals surface area (Å²) in [7, 11) is 0. The van der Waals surface area contributed by atoms with E-state index in [9.17, 15) is 28.8 Å². The number of carbonyl (C=O) groups is 6. The van der Waals surface area contributed by atoms with Gasteiger partial charge in [-0.15, -0.1) is 0 Å². The highest BCUT2D eigenvalue weighted by Crippen LogP contribution is 2.22. The molecule has 0 bridgehead atoms. The first-order chi connectivity index (χ1) is 36.9. The maximum Gasteiger partial charge on any atom is 0.408 e.